The minimum absolute atomic E-state index is 0.817. The van der Waals surface area contributed by atoms with Crippen molar-refractivity contribution in [3.63, 3.8) is 0 Å². The van der Waals surface area contributed by atoms with Crippen molar-refractivity contribution >= 4 is 23.3 Å². The van der Waals surface area contributed by atoms with Crippen molar-refractivity contribution in [1.29, 1.82) is 0 Å². The van der Waals surface area contributed by atoms with Crippen LogP contribution in [0.5, 0.6) is 0 Å². The second kappa shape index (κ2) is 2.94. The first-order valence-electron chi connectivity index (χ1n) is 3.98. The standard InChI is InChI=1S/C10H9N3/c1-7-3-8-5-12-6-13-10(8)9(4-7)11-2/h3-6H,2H2,1H3. The summed E-state index contributed by atoms with van der Waals surface area (Å²) < 4.78 is 0. The third-order valence-electron chi connectivity index (χ3n) is 1.90. The monoisotopic (exact) mass is 171 g/mol. The van der Waals surface area contributed by atoms with Crippen molar-refractivity contribution in [2.75, 3.05) is 0 Å². The van der Waals surface area contributed by atoms with Crippen molar-refractivity contribution in [3.8, 4) is 0 Å². The Morgan fingerprint density at radius 3 is 3.00 bits per heavy atom. The van der Waals surface area contributed by atoms with E-state index in [1.165, 1.54) is 6.33 Å². The summed E-state index contributed by atoms with van der Waals surface area (Å²) in [5.41, 5.74) is 2.82. The molecule has 0 aliphatic carbocycles. The van der Waals surface area contributed by atoms with E-state index in [2.05, 4.69) is 21.7 Å². The molecule has 0 aliphatic heterocycles. The number of aromatic nitrogens is 2. The van der Waals surface area contributed by atoms with Gasteiger partial charge in [0.25, 0.3) is 0 Å². The highest BCUT2D eigenvalue weighted by molar-refractivity contribution is 5.89. The third kappa shape index (κ3) is 1.28. The predicted octanol–water partition coefficient (Wildman–Crippen LogP) is 2.27. The molecule has 0 bridgehead atoms. The molecule has 13 heavy (non-hydrogen) atoms. The summed E-state index contributed by atoms with van der Waals surface area (Å²) >= 11 is 0. The fourth-order valence-corrected chi connectivity index (χ4v) is 1.35. The topological polar surface area (TPSA) is 38.1 Å². The number of benzene rings is 1. The van der Waals surface area contributed by atoms with Crippen LogP contribution < -0.4 is 0 Å². The number of aryl methyl sites for hydroxylation is 1. The van der Waals surface area contributed by atoms with E-state index in [1.54, 1.807) is 6.20 Å². The van der Waals surface area contributed by atoms with Gasteiger partial charge in [-0.25, -0.2) is 9.97 Å². The van der Waals surface area contributed by atoms with Crippen LogP contribution in [0.4, 0.5) is 5.69 Å². The zero-order chi connectivity index (χ0) is 9.26. The maximum absolute atomic E-state index is 4.15. The van der Waals surface area contributed by atoms with Gasteiger partial charge in [0.05, 0.1) is 11.2 Å². The van der Waals surface area contributed by atoms with Gasteiger partial charge in [0.15, 0.2) is 0 Å². The lowest BCUT2D eigenvalue weighted by Crippen LogP contribution is -1.83. The highest BCUT2D eigenvalue weighted by Gasteiger charge is 2.00. The third-order valence-corrected chi connectivity index (χ3v) is 1.90. The Hall–Kier alpha value is -1.77. The van der Waals surface area contributed by atoms with Gasteiger partial charge in [-0.15, -0.1) is 0 Å². The first-order chi connectivity index (χ1) is 6.31. The van der Waals surface area contributed by atoms with Crippen molar-refractivity contribution in [1.82, 2.24) is 9.97 Å². The second-order valence-electron chi connectivity index (χ2n) is 2.90. The Morgan fingerprint density at radius 1 is 1.38 bits per heavy atom. The summed E-state index contributed by atoms with van der Waals surface area (Å²) in [4.78, 5) is 12.0. The molecule has 0 saturated carbocycles. The average molecular weight is 171 g/mol. The molecule has 1 aromatic carbocycles. The first kappa shape index (κ1) is 7.86. The van der Waals surface area contributed by atoms with E-state index in [0.29, 0.717) is 0 Å². The molecule has 2 rings (SSSR count). The zero-order valence-corrected chi connectivity index (χ0v) is 7.36. The molecule has 0 fully saturated rings. The van der Waals surface area contributed by atoms with Crippen LogP contribution in [0.1, 0.15) is 5.56 Å². The number of hydrogen-bond donors (Lipinski definition) is 0. The zero-order valence-electron chi connectivity index (χ0n) is 7.36. The largest absolute Gasteiger partial charge is 0.262 e. The van der Waals surface area contributed by atoms with Crippen LogP contribution in [-0.4, -0.2) is 16.7 Å². The first-order valence-corrected chi connectivity index (χ1v) is 3.98. The minimum atomic E-state index is 0.817. The van der Waals surface area contributed by atoms with Crippen LogP contribution in [0, 0.1) is 6.92 Å². The van der Waals surface area contributed by atoms with Crippen LogP contribution in [-0.2, 0) is 0 Å². The van der Waals surface area contributed by atoms with Crippen molar-refractivity contribution in [2.45, 2.75) is 6.92 Å². The minimum Gasteiger partial charge on any atom is -0.262 e. The number of nitrogens with zero attached hydrogens (tertiary/aromatic N) is 3. The maximum atomic E-state index is 4.15. The molecule has 0 spiro atoms. The Kier molecular flexibility index (Phi) is 1.77. The Balaban J connectivity index is 2.89. The van der Waals surface area contributed by atoms with Crippen molar-refractivity contribution in [2.24, 2.45) is 4.99 Å². The van der Waals surface area contributed by atoms with E-state index in [4.69, 9.17) is 0 Å². The summed E-state index contributed by atoms with van der Waals surface area (Å²) in [5.74, 6) is 0. The van der Waals surface area contributed by atoms with Gasteiger partial charge < -0.3 is 0 Å². The van der Waals surface area contributed by atoms with Crippen LogP contribution >= 0.6 is 0 Å². The SMILES string of the molecule is C=Nc1cc(C)cc2cncnc12. The van der Waals surface area contributed by atoms with Crippen molar-refractivity contribution in [3.05, 3.63) is 30.2 Å². The maximum Gasteiger partial charge on any atom is 0.116 e. The van der Waals surface area contributed by atoms with E-state index in [9.17, 15) is 0 Å². The van der Waals surface area contributed by atoms with Gasteiger partial charge in [0.2, 0.25) is 0 Å². The molecular weight excluding hydrogens is 162 g/mol. The van der Waals surface area contributed by atoms with E-state index in [1.807, 2.05) is 19.1 Å². The molecule has 1 aromatic heterocycles. The van der Waals surface area contributed by atoms with Gasteiger partial charge >= 0.3 is 0 Å². The van der Waals surface area contributed by atoms with E-state index < -0.39 is 0 Å². The quantitative estimate of drug-likeness (QED) is 0.617. The van der Waals surface area contributed by atoms with Gasteiger partial charge in [-0.1, -0.05) is 0 Å². The molecule has 1 heterocycles. The normalized spacial score (nSPS) is 10.2. The average Bonchev–Trinajstić information content (AvgIpc) is 2.16. The Labute approximate surface area is 76.2 Å². The molecule has 0 atom stereocenters. The molecule has 64 valence electrons. The van der Waals surface area contributed by atoms with Gasteiger partial charge in [-0.2, -0.15) is 0 Å². The van der Waals surface area contributed by atoms with Gasteiger partial charge in [-0.05, 0) is 31.3 Å². The highest BCUT2D eigenvalue weighted by atomic mass is 14.8. The number of hydrogen-bond acceptors (Lipinski definition) is 3. The fraction of sp³-hybridized carbons (Fsp3) is 0.100. The highest BCUT2D eigenvalue weighted by Crippen LogP contribution is 2.24. The Morgan fingerprint density at radius 2 is 2.23 bits per heavy atom. The fourth-order valence-electron chi connectivity index (χ4n) is 1.35. The van der Waals surface area contributed by atoms with Crippen LogP contribution in [0.15, 0.2) is 29.6 Å². The van der Waals surface area contributed by atoms with Crippen LogP contribution in [0.2, 0.25) is 0 Å². The summed E-state index contributed by atoms with van der Waals surface area (Å²) in [6.07, 6.45) is 3.30. The van der Waals surface area contributed by atoms with Gasteiger partial charge in [-0.3, -0.25) is 4.99 Å². The summed E-state index contributed by atoms with van der Waals surface area (Å²) in [6, 6.07) is 3.99. The molecule has 0 unspecified atom stereocenters. The molecule has 0 N–H and O–H groups in total. The number of aliphatic imine (C=N–C) groups is 1. The Bertz CT molecular complexity index is 463. The summed E-state index contributed by atoms with van der Waals surface area (Å²) in [7, 11) is 0. The molecule has 2 aromatic rings. The van der Waals surface area contributed by atoms with Gasteiger partial charge in [0, 0.05) is 11.6 Å². The van der Waals surface area contributed by atoms with Crippen LogP contribution in [0.25, 0.3) is 10.9 Å². The molecule has 3 nitrogen and oxygen atoms in total. The summed E-state index contributed by atoms with van der Waals surface area (Å²) in [5, 5.41) is 1.00. The number of rotatable bonds is 1. The lowest BCUT2D eigenvalue weighted by molar-refractivity contribution is 1.22. The molecule has 0 radical (unpaired) electrons. The van der Waals surface area contributed by atoms with E-state index in [0.717, 1.165) is 22.2 Å². The summed E-state index contributed by atoms with van der Waals surface area (Å²) in [6.45, 7) is 5.53. The second-order valence-corrected chi connectivity index (χ2v) is 2.90. The molecular formula is C10H9N3. The lowest BCUT2D eigenvalue weighted by atomic mass is 10.1. The lowest BCUT2D eigenvalue weighted by Gasteiger charge is -2.01. The van der Waals surface area contributed by atoms with Crippen LogP contribution in [0.3, 0.4) is 0 Å². The van der Waals surface area contributed by atoms with E-state index in [-0.39, 0.29) is 0 Å². The van der Waals surface area contributed by atoms with Gasteiger partial charge in [0.1, 0.15) is 6.33 Å². The smallest absolute Gasteiger partial charge is 0.116 e. The number of fused-ring (bicyclic) bond motifs is 1. The molecule has 3 heteroatoms. The van der Waals surface area contributed by atoms with Crippen molar-refractivity contribution < 1.29 is 0 Å². The molecule has 0 amide bonds. The predicted molar refractivity (Wildman–Crippen MR) is 53.5 cm³/mol. The molecule has 0 aliphatic rings. The molecule has 0 saturated heterocycles. The van der Waals surface area contributed by atoms with E-state index >= 15 is 0 Å².